The predicted molar refractivity (Wildman–Crippen MR) is 130 cm³/mol. The number of hydrogen-bond acceptors (Lipinski definition) is 7. The molecule has 1 aliphatic carbocycles. The Hall–Kier alpha value is -3.11. The molecule has 2 N–H and O–H groups in total. The Balaban J connectivity index is 1.49. The average molecular weight is 485 g/mol. The molecule has 2 fully saturated rings. The number of allylic oxidation sites excluding steroid dienone is 1. The number of nitrogens with zero attached hydrogens (tertiary/aromatic N) is 5. The van der Waals surface area contributed by atoms with Crippen LogP contribution in [0.2, 0.25) is 0 Å². The number of alkyl halides is 2. The number of morpholine rings is 1. The molecule has 1 aromatic carbocycles. The molecule has 1 saturated carbocycles. The summed E-state index contributed by atoms with van der Waals surface area (Å²) in [6, 6.07) is 9.04. The number of benzene rings is 1. The Morgan fingerprint density at radius 3 is 2.54 bits per heavy atom. The Kier molecular flexibility index (Phi) is 7.19. The van der Waals surface area contributed by atoms with Crippen molar-refractivity contribution in [1.29, 1.82) is 0 Å². The van der Waals surface area contributed by atoms with Crippen LogP contribution in [0.25, 0.3) is 16.9 Å². The van der Waals surface area contributed by atoms with Gasteiger partial charge in [0, 0.05) is 25.2 Å². The summed E-state index contributed by atoms with van der Waals surface area (Å²) >= 11 is 0. The van der Waals surface area contributed by atoms with E-state index in [0.29, 0.717) is 60.8 Å². The van der Waals surface area contributed by atoms with Crippen LogP contribution in [0.5, 0.6) is 0 Å². The van der Waals surface area contributed by atoms with E-state index in [1.807, 2.05) is 6.07 Å². The van der Waals surface area contributed by atoms with E-state index in [1.165, 1.54) is 4.57 Å². The highest BCUT2D eigenvalue weighted by Crippen LogP contribution is 2.31. The van der Waals surface area contributed by atoms with Crippen LogP contribution in [0.4, 0.5) is 20.5 Å². The van der Waals surface area contributed by atoms with Crippen molar-refractivity contribution >= 4 is 22.8 Å². The molecule has 1 saturated heterocycles. The lowest BCUT2D eigenvalue weighted by molar-refractivity contribution is 0.122. The molecule has 1 aliphatic heterocycles. The van der Waals surface area contributed by atoms with Gasteiger partial charge in [-0.25, -0.2) is 13.8 Å². The summed E-state index contributed by atoms with van der Waals surface area (Å²) in [7, 11) is 0. The number of halogens is 2. The molecule has 0 radical (unpaired) electrons. The molecular formula is C25H30F2N6O2. The lowest BCUT2D eigenvalue weighted by Crippen LogP contribution is -2.37. The zero-order valence-corrected chi connectivity index (χ0v) is 19.5. The SMILES string of the molecule is OC/C=C/C1CCC(Nc2nc(N3CCOCC3)cc(-n3c(C(F)F)nc4ccccc43)n2)CC1. The van der Waals surface area contributed by atoms with Crippen LogP contribution in [-0.4, -0.2) is 63.6 Å². The second-order valence-corrected chi connectivity index (χ2v) is 8.97. The van der Waals surface area contributed by atoms with Crippen molar-refractivity contribution in [2.24, 2.45) is 5.92 Å². The summed E-state index contributed by atoms with van der Waals surface area (Å²) in [4.78, 5) is 15.7. The minimum Gasteiger partial charge on any atom is -0.392 e. The molecule has 0 spiro atoms. The Bertz CT molecular complexity index is 1170. The normalized spacial score (nSPS) is 21.3. The van der Waals surface area contributed by atoms with Crippen LogP contribution in [0, 0.1) is 5.92 Å². The molecule has 5 rings (SSSR count). The van der Waals surface area contributed by atoms with Gasteiger partial charge in [-0.2, -0.15) is 9.97 Å². The van der Waals surface area contributed by atoms with Crippen molar-refractivity contribution in [2.75, 3.05) is 43.1 Å². The minimum atomic E-state index is -2.75. The van der Waals surface area contributed by atoms with Gasteiger partial charge in [0.2, 0.25) is 5.95 Å². The predicted octanol–water partition coefficient (Wildman–Crippen LogP) is 4.11. The molecule has 2 aromatic heterocycles. The highest BCUT2D eigenvalue weighted by Gasteiger charge is 2.25. The lowest BCUT2D eigenvalue weighted by atomic mass is 9.86. The number of fused-ring (bicyclic) bond motifs is 1. The molecule has 10 heteroatoms. The van der Waals surface area contributed by atoms with E-state index in [4.69, 9.17) is 14.8 Å². The summed E-state index contributed by atoms with van der Waals surface area (Å²) in [6.07, 6.45) is 5.03. The Morgan fingerprint density at radius 2 is 1.80 bits per heavy atom. The van der Waals surface area contributed by atoms with E-state index >= 15 is 0 Å². The van der Waals surface area contributed by atoms with E-state index in [2.05, 4.69) is 26.3 Å². The molecule has 0 unspecified atom stereocenters. The van der Waals surface area contributed by atoms with Gasteiger partial charge in [-0.15, -0.1) is 0 Å². The van der Waals surface area contributed by atoms with Gasteiger partial charge >= 0.3 is 0 Å². The van der Waals surface area contributed by atoms with E-state index in [1.54, 1.807) is 30.3 Å². The first-order chi connectivity index (χ1) is 17.1. The molecule has 3 aromatic rings. The molecule has 0 atom stereocenters. The first-order valence-corrected chi connectivity index (χ1v) is 12.1. The van der Waals surface area contributed by atoms with Crippen molar-refractivity contribution in [3.63, 3.8) is 0 Å². The first kappa shape index (κ1) is 23.6. The fourth-order valence-electron chi connectivity index (χ4n) is 4.88. The Labute approximate surface area is 202 Å². The summed E-state index contributed by atoms with van der Waals surface area (Å²) < 4.78 is 35.0. The van der Waals surface area contributed by atoms with Gasteiger partial charge in [0.25, 0.3) is 6.43 Å². The number of aliphatic hydroxyl groups is 1. The maximum atomic E-state index is 14.0. The van der Waals surface area contributed by atoms with E-state index in [9.17, 15) is 8.78 Å². The molecule has 3 heterocycles. The Morgan fingerprint density at radius 1 is 1.06 bits per heavy atom. The number of rotatable bonds is 7. The number of nitrogens with one attached hydrogen (secondary N) is 1. The van der Waals surface area contributed by atoms with Crippen LogP contribution < -0.4 is 10.2 Å². The standard InChI is InChI=1S/C25H30F2N6O2/c26-23(27)24-29-19-5-1-2-6-20(19)33(24)22-16-21(32-11-14-35-15-12-32)30-25(31-22)28-18-9-7-17(8-10-18)4-3-13-34/h1-6,16-18,23,34H,7-15H2,(H,28,30,31)/b4-3+. The van der Waals surface area contributed by atoms with Crippen molar-refractivity contribution in [3.05, 3.63) is 48.3 Å². The molecule has 2 aliphatic rings. The quantitative estimate of drug-likeness (QED) is 0.488. The van der Waals surface area contributed by atoms with Gasteiger partial charge < -0.3 is 20.1 Å². The first-order valence-electron chi connectivity index (χ1n) is 12.1. The van der Waals surface area contributed by atoms with Gasteiger partial charge in [-0.3, -0.25) is 4.57 Å². The highest BCUT2D eigenvalue weighted by atomic mass is 19.3. The van der Waals surface area contributed by atoms with Crippen molar-refractivity contribution in [3.8, 4) is 5.82 Å². The highest BCUT2D eigenvalue weighted by molar-refractivity contribution is 5.78. The lowest BCUT2D eigenvalue weighted by Gasteiger charge is -2.30. The van der Waals surface area contributed by atoms with Crippen LogP contribution in [-0.2, 0) is 4.74 Å². The third kappa shape index (κ3) is 5.28. The van der Waals surface area contributed by atoms with Gasteiger partial charge in [0.15, 0.2) is 5.82 Å². The molecule has 8 nitrogen and oxygen atoms in total. The summed E-state index contributed by atoms with van der Waals surface area (Å²) in [5.74, 6) is 1.60. The molecule has 0 bridgehead atoms. The second kappa shape index (κ2) is 10.7. The van der Waals surface area contributed by atoms with Gasteiger partial charge in [-0.1, -0.05) is 24.3 Å². The summed E-state index contributed by atoms with van der Waals surface area (Å²) in [5.41, 5.74) is 1.08. The molecular weight excluding hydrogens is 454 g/mol. The summed E-state index contributed by atoms with van der Waals surface area (Å²) in [5, 5.41) is 12.5. The number of ether oxygens (including phenoxy) is 1. The van der Waals surface area contributed by atoms with Gasteiger partial charge in [0.05, 0.1) is 30.9 Å². The molecule has 35 heavy (non-hydrogen) atoms. The maximum Gasteiger partial charge on any atom is 0.296 e. The van der Waals surface area contributed by atoms with Crippen LogP contribution in [0.3, 0.4) is 0 Å². The zero-order chi connectivity index (χ0) is 24.2. The van der Waals surface area contributed by atoms with Crippen molar-refractivity contribution in [2.45, 2.75) is 38.2 Å². The van der Waals surface area contributed by atoms with Crippen LogP contribution in [0.15, 0.2) is 42.5 Å². The molecule has 0 amide bonds. The zero-order valence-electron chi connectivity index (χ0n) is 19.5. The smallest absolute Gasteiger partial charge is 0.296 e. The molecule has 186 valence electrons. The third-order valence-electron chi connectivity index (χ3n) is 6.66. The monoisotopic (exact) mass is 484 g/mol. The van der Waals surface area contributed by atoms with Crippen LogP contribution in [0.1, 0.15) is 37.9 Å². The number of para-hydroxylation sites is 2. The largest absolute Gasteiger partial charge is 0.392 e. The van der Waals surface area contributed by atoms with E-state index < -0.39 is 6.43 Å². The van der Waals surface area contributed by atoms with Crippen molar-refractivity contribution in [1.82, 2.24) is 19.5 Å². The average Bonchev–Trinajstić information content (AvgIpc) is 3.29. The number of aliphatic hydroxyl groups excluding tert-OH is 1. The number of imidazole rings is 1. The number of aromatic nitrogens is 4. The third-order valence-corrected chi connectivity index (χ3v) is 6.66. The van der Waals surface area contributed by atoms with Crippen molar-refractivity contribution < 1.29 is 18.6 Å². The van der Waals surface area contributed by atoms with Gasteiger partial charge in [-0.05, 0) is 43.7 Å². The topological polar surface area (TPSA) is 88.3 Å². The van der Waals surface area contributed by atoms with E-state index in [0.717, 1.165) is 25.7 Å². The van der Waals surface area contributed by atoms with Gasteiger partial charge in [0.1, 0.15) is 11.6 Å². The minimum absolute atomic E-state index is 0.0622. The fraction of sp³-hybridized carbons (Fsp3) is 0.480. The number of hydrogen-bond donors (Lipinski definition) is 2. The fourth-order valence-corrected chi connectivity index (χ4v) is 4.88. The van der Waals surface area contributed by atoms with Crippen LogP contribution >= 0.6 is 0 Å². The van der Waals surface area contributed by atoms with E-state index in [-0.39, 0.29) is 18.5 Å². The maximum absolute atomic E-state index is 14.0. The number of anilines is 2. The summed E-state index contributed by atoms with van der Waals surface area (Å²) in [6.45, 7) is 2.58. The second-order valence-electron chi connectivity index (χ2n) is 8.97.